The monoisotopic (exact) mass is 384 g/mol. The summed E-state index contributed by atoms with van der Waals surface area (Å²) in [6.07, 6.45) is 0. The quantitative estimate of drug-likeness (QED) is 0.621. The van der Waals surface area contributed by atoms with Crippen molar-refractivity contribution in [1.82, 2.24) is 0 Å². The van der Waals surface area contributed by atoms with Crippen molar-refractivity contribution >= 4 is 17.5 Å². The van der Waals surface area contributed by atoms with Gasteiger partial charge in [0, 0.05) is 5.69 Å². The third-order valence-corrected chi connectivity index (χ3v) is 3.57. The predicted octanol–water partition coefficient (Wildman–Crippen LogP) is 3.11. The second-order valence-electron chi connectivity index (χ2n) is 5.74. The summed E-state index contributed by atoms with van der Waals surface area (Å²) in [5.41, 5.74) is 5.53. The molecule has 0 radical (unpaired) electrons. The van der Waals surface area contributed by atoms with Crippen LogP contribution in [0.2, 0.25) is 0 Å². The normalized spacial score (nSPS) is 10.3. The Hall–Kier alpha value is -3.81. The van der Waals surface area contributed by atoms with E-state index in [2.05, 4.69) is 5.32 Å². The first-order chi connectivity index (χ1) is 13.5. The molecule has 1 heterocycles. The molecule has 0 spiro atoms. The van der Waals surface area contributed by atoms with Crippen LogP contribution in [0, 0.1) is 5.82 Å². The van der Waals surface area contributed by atoms with Crippen molar-refractivity contribution in [2.75, 3.05) is 11.9 Å². The minimum absolute atomic E-state index is 0.102. The summed E-state index contributed by atoms with van der Waals surface area (Å²) >= 11 is 0. The molecule has 1 aromatic heterocycles. The summed E-state index contributed by atoms with van der Waals surface area (Å²) in [4.78, 5) is 22.9. The molecule has 144 valence electrons. The third kappa shape index (κ3) is 5.34. The van der Waals surface area contributed by atoms with Crippen molar-refractivity contribution in [1.29, 1.82) is 0 Å². The van der Waals surface area contributed by atoms with E-state index < -0.39 is 11.8 Å². The second-order valence-corrected chi connectivity index (χ2v) is 5.74. The van der Waals surface area contributed by atoms with E-state index in [0.717, 1.165) is 0 Å². The number of rotatable bonds is 8. The Labute approximate surface area is 159 Å². The average molecular weight is 384 g/mol. The molecule has 0 bridgehead atoms. The number of primary amides is 1. The summed E-state index contributed by atoms with van der Waals surface area (Å²) in [6, 6.07) is 15.2. The SMILES string of the molecule is NC(=O)COc1ccc(NC(=O)c2ccc(COc3ccc(F)cc3)o2)cc1. The molecule has 0 aliphatic carbocycles. The molecule has 2 aromatic carbocycles. The van der Waals surface area contributed by atoms with Crippen LogP contribution < -0.4 is 20.5 Å². The van der Waals surface area contributed by atoms with E-state index in [-0.39, 0.29) is 24.8 Å². The molecule has 7 nitrogen and oxygen atoms in total. The lowest BCUT2D eigenvalue weighted by atomic mass is 10.3. The van der Waals surface area contributed by atoms with Gasteiger partial charge in [-0.15, -0.1) is 0 Å². The van der Waals surface area contributed by atoms with Crippen LogP contribution >= 0.6 is 0 Å². The summed E-state index contributed by atoms with van der Waals surface area (Å²) < 4.78 is 29.0. The molecule has 0 aliphatic rings. The lowest BCUT2D eigenvalue weighted by molar-refractivity contribution is -0.119. The van der Waals surface area contributed by atoms with E-state index in [4.69, 9.17) is 19.6 Å². The van der Waals surface area contributed by atoms with Crippen LogP contribution in [0.4, 0.5) is 10.1 Å². The number of furan rings is 1. The molecule has 0 unspecified atom stereocenters. The van der Waals surface area contributed by atoms with Crippen molar-refractivity contribution in [3.05, 3.63) is 78.0 Å². The number of hydrogen-bond acceptors (Lipinski definition) is 5. The Balaban J connectivity index is 1.53. The molecule has 8 heteroatoms. The van der Waals surface area contributed by atoms with Gasteiger partial charge in [-0.05, 0) is 60.7 Å². The summed E-state index contributed by atoms with van der Waals surface area (Å²) in [6.45, 7) is -0.119. The molecule has 0 saturated carbocycles. The van der Waals surface area contributed by atoms with Crippen LogP contribution in [0.25, 0.3) is 0 Å². The topological polar surface area (TPSA) is 104 Å². The zero-order valence-electron chi connectivity index (χ0n) is 14.7. The minimum Gasteiger partial charge on any atom is -0.486 e. The van der Waals surface area contributed by atoms with Crippen LogP contribution in [0.1, 0.15) is 16.3 Å². The van der Waals surface area contributed by atoms with Gasteiger partial charge in [-0.3, -0.25) is 9.59 Å². The molecular formula is C20H17FN2O5. The van der Waals surface area contributed by atoms with Crippen molar-refractivity contribution in [3.63, 3.8) is 0 Å². The van der Waals surface area contributed by atoms with Gasteiger partial charge in [-0.1, -0.05) is 0 Å². The minimum atomic E-state index is -0.575. The average Bonchev–Trinajstić information content (AvgIpc) is 3.16. The van der Waals surface area contributed by atoms with E-state index in [9.17, 15) is 14.0 Å². The van der Waals surface area contributed by atoms with Crippen LogP contribution in [0.3, 0.4) is 0 Å². The van der Waals surface area contributed by atoms with Gasteiger partial charge in [-0.2, -0.15) is 0 Å². The van der Waals surface area contributed by atoms with Gasteiger partial charge < -0.3 is 24.9 Å². The Morgan fingerprint density at radius 2 is 1.57 bits per heavy atom. The van der Waals surface area contributed by atoms with Gasteiger partial charge in [0.2, 0.25) is 0 Å². The van der Waals surface area contributed by atoms with Gasteiger partial charge in [-0.25, -0.2) is 4.39 Å². The lowest BCUT2D eigenvalue weighted by Crippen LogP contribution is -2.20. The van der Waals surface area contributed by atoms with Gasteiger partial charge in [0.15, 0.2) is 12.4 Å². The van der Waals surface area contributed by atoms with E-state index in [1.54, 1.807) is 30.3 Å². The molecule has 28 heavy (non-hydrogen) atoms. The molecule has 3 rings (SSSR count). The fourth-order valence-corrected chi connectivity index (χ4v) is 2.24. The van der Waals surface area contributed by atoms with Crippen LogP contribution in [-0.4, -0.2) is 18.4 Å². The van der Waals surface area contributed by atoms with Gasteiger partial charge in [0.25, 0.3) is 11.8 Å². The first-order valence-electron chi connectivity index (χ1n) is 8.29. The Bertz CT molecular complexity index is 951. The fourth-order valence-electron chi connectivity index (χ4n) is 2.24. The summed E-state index contributed by atoms with van der Waals surface area (Å²) in [5.74, 6) is 0.152. The lowest BCUT2D eigenvalue weighted by Gasteiger charge is -2.06. The smallest absolute Gasteiger partial charge is 0.291 e. The van der Waals surface area contributed by atoms with Crippen molar-refractivity contribution < 1.29 is 27.9 Å². The van der Waals surface area contributed by atoms with Crippen LogP contribution in [0.5, 0.6) is 11.5 Å². The van der Waals surface area contributed by atoms with E-state index in [1.165, 1.54) is 30.3 Å². The number of benzene rings is 2. The third-order valence-electron chi connectivity index (χ3n) is 3.57. The van der Waals surface area contributed by atoms with Gasteiger partial charge >= 0.3 is 0 Å². The molecule has 0 aliphatic heterocycles. The Kier molecular flexibility index (Phi) is 5.91. The van der Waals surface area contributed by atoms with E-state index in [1.807, 2.05) is 0 Å². The highest BCUT2D eigenvalue weighted by Crippen LogP contribution is 2.18. The van der Waals surface area contributed by atoms with Crippen LogP contribution in [0.15, 0.2) is 65.1 Å². The largest absolute Gasteiger partial charge is 0.486 e. The first-order valence-corrected chi connectivity index (χ1v) is 8.29. The fraction of sp³-hybridized carbons (Fsp3) is 0.100. The molecule has 0 atom stereocenters. The summed E-state index contributed by atoms with van der Waals surface area (Å²) in [5, 5.41) is 2.68. The molecular weight excluding hydrogens is 367 g/mol. The zero-order chi connectivity index (χ0) is 19.9. The molecule has 0 saturated heterocycles. The van der Waals surface area contributed by atoms with Crippen molar-refractivity contribution in [2.24, 2.45) is 5.73 Å². The number of anilines is 1. The maximum atomic E-state index is 12.9. The zero-order valence-corrected chi connectivity index (χ0v) is 14.7. The Morgan fingerprint density at radius 1 is 0.929 bits per heavy atom. The number of amides is 2. The maximum absolute atomic E-state index is 12.9. The molecule has 3 aromatic rings. The highest BCUT2D eigenvalue weighted by atomic mass is 19.1. The number of nitrogens with two attached hydrogens (primary N) is 1. The number of nitrogens with one attached hydrogen (secondary N) is 1. The highest BCUT2D eigenvalue weighted by molar-refractivity contribution is 6.02. The van der Waals surface area contributed by atoms with Crippen LogP contribution in [-0.2, 0) is 11.4 Å². The van der Waals surface area contributed by atoms with E-state index in [0.29, 0.717) is 22.9 Å². The number of ether oxygens (including phenoxy) is 2. The van der Waals surface area contributed by atoms with Crippen molar-refractivity contribution in [2.45, 2.75) is 6.61 Å². The van der Waals surface area contributed by atoms with Gasteiger partial charge in [0.05, 0.1) is 0 Å². The Morgan fingerprint density at radius 3 is 2.25 bits per heavy atom. The first kappa shape index (κ1) is 19.0. The van der Waals surface area contributed by atoms with E-state index >= 15 is 0 Å². The number of hydrogen-bond donors (Lipinski definition) is 2. The summed E-state index contributed by atoms with van der Waals surface area (Å²) in [7, 11) is 0. The highest BCUT2D eigenvalue weighted by Gasteiger charge is 2.12. The number of halogens is 1. The maximum Gasteiger partial charge on any atom is 0.291 e. The number of carbonyl (C=O) groups excluding carboxylic acids is 2. The standard InChI is InChI=1S/C20H17FN2O5/c21-13-1-5-15(6-2-13)26-11-17-9-10-18(28-17)20(25)23-14-3-7-16(8-4-14)27-12-19(22)24/h1-10H,11-12H2,(H2,22,24)(H,23,25). The number of carbonyl (C=O) groups is 2. The molecule has 2 amide bonds. The second kappa shape index (κ2) is 8.72. The van der Waals surface area contributed by atoms with Crippen molar-refractivity contribution in [3.8, 4) is 11.5 Å². The predicted molar refractivity (Wildman–Crippen MR) is 98.5 cm³/mol. The molecule has 3 N–H and O–H groups in total. The molecule has 0 fully saturated rings. The van der Waals surface area contributed by atoms with Gasteiger partial charge in [0.1, 0.15) is 29.7 Å².